The smallest absolute Gasteiger partial charge is 0.318 e. The number of nitrogens with zero attached hydrogens (tertiary/aromatic N) is 7. The summed E-state index contributed by atoms with van der Waals surface area (Å²) in [5.74, 6) is 0.419. The Kier molecular flexibility index (Phi) is 8.26. The number of nitrogen functional groups attached to an aromatic ring is 1. The second-order valence-corrected chi connectivity index (χ2v) is 14.5. The first-order valence-corrected chi connectivity index (χ1v) is 17.7. The lowest BCUT2D eigenvalue weighted by atomic mass is 9.90. The minimum absolute atomic E-state index is 0.0757. The minimum Gasteiger partial charge on any atom is -0.461 e. The Morgan fingerprint density at radius 2 is 2.02 bits per heavy atom. The van der Waals surface area contributed by atoms with Crippen LogP contribution in [0.2, 0.25) is 0 Å². The van der Waals surface area contributed by atoms with Gasteiger partial charge in [-0.15, -0.1) is 0 Å². The van der Waals surface area contributed by atoms with E-state index >= 15 is 4.39 Å². The van der Waals surface area contributed by atoms with Gasteiger partial charge in [0, 0.05) is 51.4 Å². The molecule has 0 saturated carbocycles. The number of aryl methyl sites for hydroxylation is 2. The van der Waals surface area contributed by atoms with Crippen molar-refractivity contribution in [2.45, 2.75) is 76.8 Å². The lowest BCUT2D eigenvalue weighted by Crippen LogP contribution is -2.43. The summed E-state index contributed by atoms with van der Waals surface area (Å²) < 4.78 is 30.3. The van der Waals surface area contributed by atoms with Crippen molar-refractivity contribution in [3.8, 4) is 6.01 Å². The maximum atomic E-state index is 15.1. The Morgan fingerprint density at radius 1 is 1.16 bits per heavy atom. The molecule has 262 valence electrons. The van der Waals surface area contributed by atoms with Crippen molar-refractivity contribution in [3.05, 3.63) is 82.1 Å². The van der Waals surface area contributed by atoms with Crippen molar-refractivity contribution in [3.63, 3.8) is 0 Å². The van der Waals surface area contributed by atoms with Crippen LogP contribution in [0, 0.1) is 5.82 Å². The van der Waals surface area contributed by atoms with Gasteiger partial charge in [0.05, 0.1) is 36.2 Å². The Balaban J connectivity index is 1.17. The summed E-state index contributed by atoms with van der Waals surface area (Å²) in [6.45, 7) is 10.9. The quantitative estimate of drug-likeness (QED) is 0.208. The number of aromatic nitrogens is 4. The largest absolute Gasteiger partial charge is 0.461 e. The van der Waals surface area contributed by atoms with E-state index in [1.54, 1.807) is 25.1 Å². The Hall–Kier alpha value is -4.55. The molecule has 4 aromatic rings. The molecule has 0 radical (unpaired) electrons. The molecule has 8 rings (SSSR count). The van der Waals surface area contributed by atoms with Gasteiger partial charge in [0.25, 0.3) is 5.91 Å². The van der Waals surface area contributed by atoms with Crippen LogP contribution in [-0.4, -0.2) is 81.3 Å². The van der Waals surface area contributed by atoms with Crippen LogP contribution in [0.25, 0.3) is 10.8 Å². The molecule has 4 aliphatic rings. The molecule has 12 heteroatoms. The summed E-state index contributed by atoms with van der Waals surface area (Å²) in [5.41, 5.74) is 12.8. The lowest BCUT2D eigenvalue weighted by molar-refractivity contribution is 0.0263. The average molecular weight is 681 g/mol. The molecule has 0 aliphatic carbocycles. The van der Waals surface area contributed by atoms with Gasteiger partial charge < -0.3 is 25.0 Å². The highest BCUT2D eigenvalue weighted by molar-refractivity contribution is 5.92. The van der Waals surface area contributed by atoms with Crippen molar-refractivity contribution in [1.82, 2.24) is 29.5 Å². The number of anilines is 2. The van der Waals surface area contributed by atoms with Crippen molar-refractivity contribution < 1.29 is 18.7 Å². The zero-order valence-corrected chi connectivity index (χ0v) is 29.2. The molecule has 2 fully saturated rings. The Bertz CT molecular complexity index is 2010. The lowest BCUT2D eigenvalue weighted by Gasteiger charge is -2.33. The van der Waals surface area contributed by atoms with E-state index in [1.807, 2.05) is 29.8 Å². The van der Waals surface area contributed by atoms with Crippen LogP contribution < -0.4 is 15.4 Å². The van der Waals surface area contributed by atoms with Gasteiger partial charge in [0.2, 0.25) is 0 Å². The number of hydrogen-bond donors (Lipinski definition) is 1. The van der Waals surface area contributed by atoms with E-state index in [9.17, 15) is 4.79 Å². The van der Waals surface area contributed by atoms with Gasteiger partial charge in [-0.1, -0.05) is 25.1 Å². The number of halogens is 1. The maximum Gasteiger partial charge on any atom is 0.318 e. The van der Waals surface area contributed by atoms with Crippen LogP contribution >= 0.6 is 0 Å². The first-order chi connectivity index (χ1) is 24.1. The summed E-state index contributed by atoms with van der Waals surface area (Å²) in [6.07, 6.45) is 4.56. The fraction of sp³-hybridized carbons (Fsp3) is 0.474. The topological polar surface area (TPSA) is 115 Å². The van der Waals surface area contributed by atoms with Crippen molar-refractivity contribution in [2.75, 3.05) is 51.0 Å². The van der Waals surface area contributed by atoms with E-state index in [4.69, 9.17) is 25.2 Å². The van der Waals surface area contributed by atoms with Gasteiger partial charge in [0.1, 0.15) is 18.2 Å². The van der Waals surface area contributed by atoms with Crippen LogP contribution in [0.3, 0.4) is 0 Å². The predicted molar refractivity (Wildman–Crippen MR) is 190 cm³/mol. The zero-order valence-electron chi connectivity index (χ0n) is 29.2. The molecule has 2 aromatic carbocycles. The first kappa shape index (κ1) is 32.6. The number of ether oxygens (including phenoxy) is 2. The van der Waals surface area contributed by atoms with E-state index in [-0.39, 0.29) is 30.0 Å². The van der Waals surface area contributed by atoms with Gasteiger partial charge in [-0.05, 0) is 84.8 Å². The molecule has 1 amide bonds. The Morgan fingerprint density at radius 3 is 2.84 bits per heavy atom. The third-order valence-corrected chi connectivity index (χ3v) is 10.9. The molecule has 11 nitrogen and oxygen atoms in total. The van der Waals surface area contributed by atoms with Crippen LogP contribution in [0.15, 0.2) is 42.5 Å². The van der Waals surface area contributed by atoms with Gasteiger partial charge in [-0.2, -0.15) is 15.1 Å². The first-order valence-electron chi connectivity index (χ1n) is 17.7. The van der Waals surface area contributed by atoms with Crippen molar-refractivity contribution >= 4 is 28.2 Å². The average Bonchev–Trinajstić information content (AvgIpc) is 3.73. The summed E-state index contributed by atoms with van der Waals surface area (Å²) in [7, 11) is 3.47. The number of nitrogens with two attached hydrogens (primary N) is 1. The zero-order chi connectivity index (χ0) is 34.7. The molecule has 0 spiro atoms. The third kappa shape index (κ3) is 5.68. The summed E-state index contributed by atoms with van der Waals surface area (Å²) >= 11 is 0. The number of carbonyl (C=O) groups is 1. The van der Waals surface area contributed by atoms with E-state index in [0.717, 1.165) is 84.4 Å². The number of fused-ring (bicyclic) bond motifs is 4. The van der Waals surface area contributed by atoms with Crippen LogP contribution in [-0.2, 0) is 37.3 Å². The van der Waals surface area contributed by atoms with Gasteiger partial charge >= 0.3 is 6.01 Å². The SMILES string of the molecule is C=C1CN2CCC[C@]2(COc2nc3c(c(N4CCCn5nc(C(=O)N(C)C)cc5C4)n2)CO[C@@H](c2cc(N)cc4ccc(F)c(CC)c24)C3)C1. The number of amides is 1. The van der Waals surface area contributed by atoms with E-state index in [2.05, 4.69) is 21.5 Å². The van der Waals surface area contributed by atoms with Crippen LogP contribution in [0.5, 0.6) is 6.01 Å². The van der Waals surface area contributed by atoms with Gasteiger partial charge in [-0.3, -0.25) is 14.4 Å². The molecule has 0 unspecified atom stereocenters. The summed E-state index contributed by atoms with van der Waals surface area (Å²) in [4.78, 5) is 29.2. The highest BCUT2D eigenvalue weighted by Crippen LogP contribution is 2.43. The summed E-state index contributed by atoms with van der Waals surface area (Å²) in [5, 5.41) is 6.39. The Labute approximate surface area is 291 Å². The highest BCUT2D eigenvalue weighted by Gasteiger charge is 2.46. The second kappa shape index (κ2) is 12.6. The highest BCUT2D eigenvalue weighted by atomic mass is 19.1. The fourth-order valence-corrected chi connectivity index (χ4v) is 8.55. The van der Waals surface area contributed by atoms with E-state index in [1.165, 1.54) is 11.6 Å². The fourth-order valence-electron chi connectivity index (χ4n) is 8.55. The molecule has 2 N–H and O–H groups in total. The van der Waals surface area contributed by atoms with E-state index < -0.39 is 0 Å². The maximum absolute atomic E-state index is 15.1. The summed E-state index contributed by atoms with van der Waals surface area (Å²) in [6, 6.07) is 9.34. The third-order valence-electron chi connectivity index (χ3n) is 10.9. The van der Waals surface area contributed by atoms with Crippen molar-refractivity contribution in [1.29, 1.82) is 0 Å². The molecular weight excluding hydrogens is 635 g/mol. The second-order valence-electron chi connectivity index (χ2n) is 14.5. The van der Waals surface area contributed by atoms with Crippen LogP contribution in [0.1, 0.15) is 77.3 Å². The van der Waals surface area contributed by atoms with Crippen molar-refractivity contribution in [2.24, 2.45) is 0 Å². The molecule has 2 atom stereocenters. The standard InChI is InChI=1S/C38H45FN8O3/c1-5-27-30(39)9-8-24-14-25(40)15-28(34(24)27)33-17-31-29(21-49-33)35(42-37(41-31)50-22-38-10-6-12-46(38)19-23(2)18-38)45-11-7-13-47-26(20-45)16-32(43-47)36(48)44(3)4/h8-9,14-16,33H,2,5-7,10-13,17-22,40H2,1,3-4H3/t33-,38-/m1/s1. The molecule has 6 heterocycles. The number of rotatable bonds is 7. The monoisotopic (exact) mass is 680 g/mol. The molecule has 2 aromatic heterocycles. The molecule has 0 bridgehead atoms. The minimum atomic E-state index is -0.386. The van der Waals surface area contributed by atoms with Gasteiger partial charge in [0.15, 0.2) is 5.69 Å². The number of carbonyl (C=O) groups excluding carboxylic acids is 1. The molecule has 4 aliphatic heterocycles. The predicted octanol–water partition coefficient (Wildman–Crippen LogP) is 5.21. The van der Waals surface area contributed by atoms with Crippen LogP contribution in [0.4, 0.5) is 15.9 Å². The number of hydrogen-bond acceptors (Lipinski definition) is 9. The number of benzene rings is 2. The molecular formula is C38H45FN8O3. The van der Waals surface area contributed by atoms with E-state index in [0.29, 0.717) is 55.5 Å². The molecule has 50 heavy (non-hydrogen) atoms. The molecule has 2 saturated heterocycles. The normalized spacial score (nSPS) is 22.0. The van der Waals surface area contributed by atoms with Gasteiger partial charge in [-0.25, -0.2) is 4.39 Å².